The van der Waals surface area contributed by atoms with Crippen molar-refractivity contribution in [2.24, 2.45) is 0 Å². The molecule has 20 heavy (non-hydrogen) atoms. The highest BCUT2D eigenvalue weighted by Gasteiger charge is 2.05. The number of aromatic nitrogens is 4. The summed E-state index contributed by atoms with van der Waals surface area (Å²) in [6.07, 6.45) is 0.840. The second-order valence-electron chi connectivity index (χ2n) is 4.41. The molecule has 0 saturated heterocycles. The average molecular weight is 262 g/mol. The lowest BCUT2D eigenvalue weighted by molar-refractivity contribution is 0.592. The van der Waals surface area contributed by atoms with Crippen molar-refractivity contribution in [3.63, 3.8) is 0 Å². The van der Waals surface area contributed by atoms with Crippen LogP contribution in [0.2, 0.25) is 0 Å². The molecule has 1 heterocycles. The first-order valence-electron chi connectivity index (χ1n) is 6.59. The number of hydrogen-bond donors (Lipinski definition) is 0. The zero-order valence-corrected chi connectivity index (χ0v) is 11.2. The molecule has 4 heteroatoms. The van der Waals surface area contributed by atoms with Crippen molar-refractivity contribution in [1.29, 1.82) is 0 Å². The molecule has 0 radical (unpaired) electrons. The van der Waals surface area contributed by atoms with Crippen LogP contribution in [0.5, 0.6) is 0 Å². The molecule has 0 fully saturated rings. The normalized spacial score (nSPS) is 10.2. The summed E-state index contributed by atoms with van der Waals surface area (Å²) in [5, 5.41) is 14.8. The predicted molar refractivity (Wildman–Crippen MR) is 78.8 cm³/mol. The van der Waals surface area contributed by atoms with Crippen LogP contribution < -0.4 is 0 Å². The van der Waals surface area contributed by atoms with Crippen molar-refractivity contribution in [1.82, 2.24) is 20.2 Å². The Kier molecular flexibility index (Phi) is 3.42. The van der Waals surface area contributed by atoms with E-state index in [1.807, 2.05) is 25.1 Å². The first-order chi connectivity index (χ1) is 9.86. The third-order valence-electron chi connectivity index (χ3n) is 2.98. The lowest BCUT2D eigenvalue weighted by Gasteiger charge is -1.99. The maximum atomic E-state index is 4.35. The average Bonchev–Trinajstić information content (AvgIpc) is 2.96. The summed E-state index contributed by atoms with van der Waals surface area (Å²) in [4.78, 5) is 1.52. The van der Waals surface area contributed by atoms with E-state index in [0.29, 0.717) is 12.4 Å². The Labute approximate surface area is 117 Å². The van der Waals surface area contributed by atoms with Gasteiger partial charge in [-0.15, -0.1) is 16.1 Å². The smallest absolute Gasteiger partial charge is 0.152 e. The van der Waals surface area contributed by atoms with E-state index in [-0.39, 0.29) is 0 Å². The van der Waals surface area contributed by atoms with Gasteiger partial charge in [-0.1, -0.05) is 49.2 Å². The number of hydrogen-bond acceptors (Lipinski definition) is 3. The fraction of sp³-hybridized carbons (Fsp3) is 0.188. The highest BCUT2D eigenvalue weighted by Crippen LogP contribution is 2.21. The zero-order valence-electron chi connectivity index (χ0n) is 11.2. The van der Waals surface area contributed by atoms with Crippen LogP contribution in [-0.2, 0) is 6.54 Å². The Bertz CT molecular complexity index is 793. The van der Waals surface area contributed by atoms with Crippen molar-refractivity contribution in [3.05, 3.63) is 42.5 Å². The van der Waals surface area contributed by atoms with Crippen LogP contribution in [0.3, 0.4) is 0 Å². The van der Waals surface area contributed by atoms with Gasteiger partial charge in [-0.05, 0) is 22.1 Å². The first kappa shape index (κ1) is 12.4. The third-order valence-corrected chi connectivity index (χ3v) is 2.98. The molecule has 0 aliphatic rings. The number of benzene rings is 2. The van der Waals surface area contributed by atoms with Gasteiger partial charge in [-0.2, -0.15) is 4.80 Å². The molecular formula is C16H14N4. The van der Waals surface area contributed by atoms with Crippen LogP contribution >= 0.6 is 0 Å². The van der Waals surface area contributed by atoms with E-state index in [4.69, 9.17) is 0 Å². The monoisotopic (exact) mass is 262 g/mol. The van der Waals surface area contributed by atoms with Crippen molar-refractivity contribution in [2.45, 2.75) is 19.9 Å². The van der Waals surface area contributed by atoms with Gasteiger partial charge in [-0.25, -0.2) is 0 Å². The van der Waals surface area contributed by atoms with E-state index >= 15 is 0 Å². The van der Waals surface area contributed by atoms with E-state index in [2.05, 4.69) is 51.5 Å². The van der Waals surface area contributed by atoms with Crippen LogP contribution in [-0.4, -0.2) is 20.2 Å². The zero-order chi connectivity index (χ0) is 13.8. The predicted octanol–water partition coefficient (Wildman–Crippen LogP) is 2.91. The van der Waals surface area contributed by atoms with Gasteiger partial charge in [0.25, 0.3) is 0 Å². The number of nitrogens with zero attached hydrogens (tertiary/aromatic N) is 4. The second-order valence-corrected chi connectivity index (χ2v) is 4.41. The van der Waals surface area contributed by atoms with Gasteiger partial charge in [0.1, 0.15) is 6.54 Å². The molecule has 2 aromatic carbocycles. The highest BCUT2D eigenvalue weighted by atomic mass is 15.6. The summed E-state index contributed by atoms with van der Waals surface area (Å²) in [6, 6.07) is 14.4. The second kappa shape index (κ2) is 5.54. The van der Waals surface area contributed by atoms with Crippen LogP contribution in [0.4, 0.5) is 0 Å². The molecule has 4 nitrogen and oxygen atoms in total. The van der Waals surface area contributed by atoms with Gasteiger partial charge in [0.15, 0.2) is 0 Å². The van der Waals surface area contributed by atoms with Crippen molar-refractivity contribution in [3.8, 4) is 23.2 Å². The summed E-state index contributed by atoms with van der Waals surface area (Å²) in [7, 11) is 0. The number of fused-ring (bicyclic) bond motifs is 1. The SMILES string of the molecule is CCC#CCn1nnc(-c2ccc3ccccc3c2)n1. The molecule has 0 unspecified atom stereocenters. The lowest BCUT2D eigenvalue weighted by atomic mass is 10.1. The number of tetrazole rings is 1. The highest BCUT2D eigenvalue weighted by molar-refractivity contribution is 5.86. The summed E-state index contributed by atoms with van der Waals surface area (Å²) < 4.78 is 0. The summed E-state index contributed by atoms with van der Waals surface area (Å²) >= 11 is 0. The van der Waals surface area contributed by atoms with E-state index in [1.165, 1.54) is 15.6 Å². The van der Waals surface area contributed by atoms with E-state index < -0.39 is 0 Å². The topological polar surface area (TPSA) is 43.6 Å². The summed E-state index contributed by atoms with van der Waals surface area (Å²) in [5.74, 6) is 6.62. The molecule has 98 valence electrons. The van der Waals surface area contributed by atoms with Gasteiger partial charge in [-0.3, -0.25) is 0 Å². The maximum absolute atomic E-state index is 4.35. The van der Waals surface area contributed by atoms with E-state index in [0.717, 1.165) is 12.0 Å². The summed E-state index contributed by atoms with van der Waals surface area (Å²) in [6.45, 7) is 2.50. The Morgan fingerprint density at radius 3 is 2.75 bits per heavy atom. The fourth-order valence-corrected chi connectivity index (χ4v) is 2.01. The van der Waals surface area contributed by atoms with E-state index in [9.17, 15) is 0 Å². The Balaban J connectivity index is 1.90. The largest absolute Gasteiger partial charge is 0.204 e. The van der Waals surface area contributed by atoms with Gasteiger partial charge in [0, 0.05) is 12.0 Å². The molecule has 3 aromatic rings. The summed E-state index contributed by atoms with van der Waals surface area (Å²) in [5.41, 5.74) is 0.971. The molecule has 0 atom stereocenters. The molecule has 0 saturated carbocycles. The fourth-order valence-electron chi connectivity index (χ4n) is 2.01. The lowest BCUT2D eigenvalue weighted by Crippen LogP contribution is -2.00. The molecule has 0 spiro atoms. The van der Waals surface area contributed by atoms with Crippen molar-refractivity contribution >= 4 is 10.8 Å². The molecule has 3 rings (SSSR count). The van der Waals surface area contributed by atoms with Crippen LogP contribution in [0.25, 0.3) is 22.2 Å². The Morgan fingerprint density at radius 2 is 1.90 bits per heavy atom. The van der Waals surface area contributed by atoms with E-state index in [1.54, 1.807) is 0 Å². The molecule has 0 N–H and O–H groups in total. The van der Waals surface area contributed by atoms with Crippen LogP contribution in [0.15, 0.2) is 42.5 Å². The van der Waals surface area contributed by atoms with Gasteiger partial charge >= 0.3 is 0 Å². The molecule has 0 amide bonds. The Morgan fingerprint density at radius 1 is 1.05 bits per heavy atom. The standard InChI is InChI=1S/C16H14N4/c1-2-3-6-11-20-18-16(17-19-20)15-10-9-13-7-4-5-8-14(13)12-15/h4-5,7-10,12H,2,11H2,1H3. The molecule has 0 aliphatic heterocycles. The minimum Gasteiger partial charge on any atom is -0.152 e. The number of rotatable bonds is 2. The van der Waals surface area contributed by atoms with Gasteiger partial charge in [0.05, 0.1) is 0 Å². The Hall–Kier alpha value is -2.67. The first-order valence-corrected chi connectivity index (χ1v) is 6.59. The minimum atomic E-state index is 0.481. The van der Waals surface area contributed by atoms with Gasteiger partial charge in [0.2, 0.25) is 5.82 Å². The molecule has 0 aliphatic carbocycles. The third kappa shape index (κ3) is 2.52. The van der Waals surface area contributed by atoms with Crippen molar-refractivity contribution < 1.29 is 0 Å². The van der Waals surface area contributed by atoms with Crippen LogP contribution in [0, 0.1) is 11.8 Å². The minimum absolute atomic E-state index is 0.481. The molecule has 1 aromatic heterocycles. The van der Waals surface area contributed by atoms with Crippen molar-refractivity contribution in [2.75, 3.05) is 0 Å². The van der Waals surface area contributed by atoms with Gasteiger partial charge < -0.3 is 0 Å². The molecule has 0 bridgehead atoms. The van der Waals surface area contributed by atoms with Crippen LogP contribution in [0.1, 0.15) is 13.3 Å². The maximum Gasteiger partial charge on any atom is 0.204 e. The molecular weight excluding hydrogens is 248 g/mol. The quantitative estimate of drug-likeness (QED) is 0.667.